The molecule has 0 aliphatic carbocycles. The van der Waals surface area contributed by atoms with Gasteiger partial charge in [0.05, 0.1) is 6.04 Å². The molecule has 1 aliphatic heterocycles. The third-order valence-corrected chi connectivity index (χ3v) is 5.32. The summed E-state index contributed by atoms with van der Waals surface area (Å²) in [6, 6.07) is 19.1. The molecule has 0 saturated carbocycles. The molecule has 26 heavy (non-hydrogen) atoms. The van der Waals surface area contributed by atoms with Gasteiger partial charge in [0.1, 0.15) is 0 Å². The second kappa shape index (κ2) is 9.17. The average Bonchev–Trinajstić information content (AvgIpc) is 2.69. The molecule has 0 amide bonds. The van der Waals surface area contributed by atoms with Gasteiger partial charge in [-0.15, -0.1) is 6.58 Å². The van der Waals surface area contributed by atoms with Crippen molar-refractivity contribution in [3.05, 3.63) is 83.4 Å². The number of thiocarbonyl (C=S) groups is 1. The lowest BCUT2D eigenvalue weighted by Crippen LogP contribution is -2.52. The van der Waals surface area contributed by atoms with Crippen LogP contribution < -0.4 is 5.32 Å². The summed E-state index contributed by atoms with van der Waals surface area (Å²) in [5.74, 6) is 0. The number of hydrogen-bond donors (Lipinski definition) is 1. The molecule has 3 rings (SSSR count). The van der Waals surface area contributed by atoms with E-state index in [0.717, 1.165) is 36.3 Å². The topological polar surface area (TPSA) is 18.5 Å². The molecule has 3 nitrogen and oxygen atoms in total. The Bertz CT molecular complexity index is 725. The largest absolute Gasteiger partial charge is 0.359 e. The predicted molar refractivity (Wildman–Crippen MR) is 114 cm³/mol. The van der Waals surface area contributed by atoms with Crippen LogP contribution in [-0.4, -0.2) is 47.6 Å². The highest BCUT2D eigenvalue weighted by atomic mass is 35.5. The van der Waals surface area contributed by atoms with Gasteiger partial charge in [-0.2, -0.15) is 0 Å². The van der Waals surface area contributed by atoms with E-state index in [2.05, 4.69) is 64.2 Å². The molecule has 1 fully saturated rings. The van der Waals surface area contributed by atoms with E-state index < -0.39 is 0 Å². The van der Waals surface area contributed by atoms with Crippen LogP contribution in [0.3, 0.4) is 0 Å². The highest BCUT2D eigenvalue weighted by Crippen LogP contribution is 2.30. The number of piperazine rings is 1. The molecule has 1 heterocycles. The Kier molecular flexibility index (Phi) is 6.67. The minimum absolute atomic E-state index is 0.227. The minimum atomic E-state index is 0.227. The Morgan fingerprint density at radius 3 is 2.27 bits per heavy atom. The van der Waals surface area contributed by atoms with Crippen molar-refractivity contribution >= 4 is 28.9 Å². The summed E-state index contributed by atoms with van der Waals surface area (Å²) in [7, 11) is 0. The van der Waals surface area contributed by atoms with Gasteiger partial charge < -0.3 is 10.2 Å². The molecule has 136 valence electrons. The summed E-state index contributed by atoms with van der Waals surface area (Å²) in [6.45, 7) is 8.18. The zero-order chi connectivity index (χ0) is 18.4. The van der Waals surface area contributed by atoms with Crippen molar-refractivity contribution in [3.8, 4) is 0 Å². The lowest BCUT2D eigenvalue weighted by molar-refractivity contribution is 0.150. The predicted octanol–water partition coefficient (Wildman–Crippen LogP) is 4.11. The standard InChI is InChI=1S/C21H24ClN3S/c1-2-12-23-21(26)25-15-13-24(14-16-25)20(17-6-4-3-5-7-17)18-8-10-19(22)11-9-18/h2-11,20H,1,12-16H2,(H,23,26). The van der Waals surface area contributed by atoms with Crippen LogP contribution in [0.4, 0.5) is 0 Å². The Labute approximate surface area is 166 Å². The fourth-order valence-electron chi connectivity index (χ4n) is 3.35. The normalized spacial score (nSPS) is 16.1. The van der Waals surface area contributed by atoms with E-state index in [1.807, 2.05) is 18.2 Å². The second-order valence-corrected chi connectivity index (χ2v) is 7.19. The van der Waals surface area contributed by atoms with Gasteiger partial charge in [-0.25, -0.2) is 0 Å². The van der Waals surface area contributed by atoms with Crippen molar-refractivity contribution in [1.82, 2.24) is 15.1 Å². The van der Waals surface area contributed by atoms with Crippen LogP contribution in [0, 0.1) is 0 Å². The number of nitrogens with one attached hydrogen (secondary N) is 1. The van der Waals surface area contributed by atoms with Gasteiger partial charge in [-0.3, -0.25) is 4.90 Å². The maximum atomic E-state index is 6.10. The van der Waals surface area contributed by atoms with E-state index in [4.69, 9.17) is 23.8 Å². The van der Waals surface area contributed by atoms with E-state index in [1.165, 1.54) is 11.1 Å². The average molecular weight is 386 g/mol. The van der Waals surface area contributed by atoms with Crippen molar-refractivity contribution in [2.75, 3.05) is 32.7 Å². The Morgan fingerprint density at radius 1 is 1.04 bits per heavy atom. The minimum Gasteiger partial charge on any atom is -0.359 e. The number of halogens is 1. The fourth-order valence-corrected chi connectivity index (χ4v) is 3.74. The van der Waals surface area contributed by atoms with E-state index in [-0.39, 0.29) is 6.04 Å². The zero-order valence-corrected chi connectivity index (χ0v) is 16.3. The lowest BCUT2D eigenvalue weighted by Gasteiger charge is -2.40. The first-order valence-corrected chi connectivity index (χ1v) is 9.66. The summed E-state index contributed by atoms with van der Waals surface area (Å²) in [6.07, 6.45) is 1.83. The molecular formula is C21H24ClN3S. The fraction of sp³-hybridized carbons (Fsp3) is 0.286. The smallest absolute Gasteiger partial charge is 0.169 e. The molecule has 5 heteroatoms. The third-order valence-electron chi connectivity index (χ3n) is 4.67. The van der Waals surface area contributed by atoms with Crippen molar-refractivity contribution < 1.29 is 0 Å². The number of benzene rings is 2. The van der Waals surface area contributed by atoms with Gasteiger partial charge in [-0.05, 0) is 35.5 Å². The maximum Gasteiger partial charge on any atom is 0.169 e. The molecule has 1 atom stereocenters. The quantitative estimate of drug-likeness (QED) is 0.616. The van der Waals surface area contributed by atoms with E-state index in [0.29, 0.717) is 6.54 Å². The van der Waals surface area contributed by atoms with E-state index in [1.54, 1.807) is 0 Å². The van der Waals surface area contributed by atoms with Crippen LogP contribution in [0.25, 0.3) is 0 Å². The molecule has 1 unspecified atom stereocenters. The lowest BCUT2D eigenvalue weighted by atomic mass is 9.96. The van der Waals surface area contributed by atoms with Crippen molar-refractivity contribution in [1.29, 1.82) is 0 Å². The van der Waals surface area contributed by atoms with E-state index in [9.17, 15) is 0 Å². The number of hydrogen-bond acceptors (Lipinski definition) is 2. The highest BCUT2D eigenvalue weighted by molar-refractivity contribution is 7.80. The van der Waals surface area contributed by atoms with Gasteiger partial charge in [0, 0.05) is 37.7 Å². The molecule has 0 aromatic heterocycles. The molecule has 2 aromatic rings. The van der Waals surface area contributed by atoms with Gasteiger partial charge >= 0.3 is 0 Å². The van der Waals surface area contributed by atoms with Crippen LogP contribution in [0.5, 0.6) is 0 Å². The Balaban J connectivity index is 1.75. The van der Waals surface area contributed by atoms with Gasteiger partial charge in [-0.1, -0.05) is 60.1 Å². The zero-order valence-electron chi connectivity index (χ0n) is 14.8. The maximum absolute atomic E-state index is 6.10. The summed E-state index contributed by atoms with van der Waals surface area (Å²) in [5.41, 5.74) is 2.57. The second-order valence-electron chi connectivity index (χ2n) is 6.36. The van der Waals surface area contributed by atoms with Crippen molar-refractivity contribution in [3.63, 3.8) is 0 Å². The van der Waals surface area contributed by atoms with Crippen LogP contribution in [0.1, 0.15) is 17.2 Å². The first kappa shape index (κ1) is 18.9. The third kappa shape index (κ3) is 4.64. The summed E-state index contributed by atoms with van der Waals surface area (Å²) in [5, 5.41) is 4.80. The van der Waals surface area contributed by atoms with E-state index >= 15 is 0 Å². The Hall–Kier alpha value is -1.88. The van der Waals surface area contributed by atoms with Gasteiger partial charge in [0.2, 0.25) is 0 Å². The summed E-state index contributed by atoms with van der Waals surface area (Å²) >= 11 is 11.6. The summed E-state index contributed by atoms with van der Waals surface area (Å²) < 4.78 is 0. The molecule has 2 aromatic carbocycles. The van der Waals surface area contributed by atoms with Crippen LogP contribution in [0.15, 0.2) is 67.3 Å². The molecule has 1 aliphatic rings. The van der Waals surface area contributed by atoms with Crippen molar-refractivity contribution in [2.24, 2.45) is 0 Å². The monoisotopic (exact) mass is 385 g/mol. The van der Waals surface area contributed by atoms with Crippen LogP contribution in [0.2, 0.25) is 5.02 Å². The molecule has 1 N–H and O–H groups in total. The first-order chi connectivity index (χ1) is 12.7. The molecule has 0 spiro atoms. The molecule has 0 radical (unpaired) electrons. The molecule has 0 bridgehead atoms. The van der Waals surface area contributed by atoms with Gasteiger partial charge in [0.15, 0.2) is 5.11 Å². The highest BCUT2D eigenvalue weighted by Gasteiger charge is 2.27. The Morgan fingerprint density at radius 2 is 1.65 bits per heavy atom. The molecule has 1 saturated heterocycles. The number of rotatable bonds is 5. The molecular weight excluding hydrogens is 362 g/mol. The SMILES string of the molecule is C=CCNC(=S)N1CCN(C(c2ccccc2)c2ccc(Cl)cc2)CC1. The summed E-state index contributed by atoms with van der Waals surface area (Å²) in [4.78, 5) is 4.75. The van der Waals surface area contributed by atoms with Crippen LogP contribution in [-0.2, 0) is 0 Å². The number of nitrogens with zero attached hydrogens (tertiary/aromatic N) is 2. The van der Waals surface area contributed by atoms with Crippen molar-refractivity contribution in [2.45, 2.75) is 6.04 Å². The van der Waals surface area contributed by atoms with Gasteiger partial charge in [0.25, 0.3) is 0 Å². The van der Waals surface area contributed by atoms with Crippen LogP contribution >= 0.6 is 23.8 Å². The first-order valence-electron chi connectivity index (χ1n) is 8.87.